The third kappa shape index (κ3) is 3.43. The molecule has 23 heavy (non-hydrogen) atoms. The van der Waals surface area contributed by atoms with Crippen molar-refractivity contribution in [2.24, 2.45) is 0 Å². The van der Waals surface area contributed by atoms with Crippen molar-refractivity contribution >= 4 is 17.2 Å². The quantitative estimate of drug-likeness (QED) is 0.798. The summed E-state index contributed by atoms with van der Waals surface area (Å²) in [6, 6.07) is 11.5. The number of nitrogens with one attached hydrogen (secondary N) is 1. The Labute approximate surface area is 138 Å². The number of thiazole rings is 1. The molecule has 0 radical (unpaired) electrons. The lowest BCUT2D eigenvalue weighted by Gasteiger charge is -2.13. The minimum atomic E-state index is -0.126. The Morgan fingerprint density at radius 3 is 2.52 bits per heavy atom. The molecule has 0 aliphatic heterocycles. The van der Waals surface area contributed by atoms with E-state index in [9.17, 15) is 4.79 Å². The first-order chi connectivity index (χ1) is 11.1. The second kappa shape index (κ2) is 6.66. The van der Waals surface area contributed by atoms with E-state index in [4.69, 9.17) is 0 Å². The zero-order valence-electron chi connectivity index (χ0n) is 12.9. The first kappa shape index (κ1) is 15.3. The number of hydrogen-bond acceptors (Lipinski definition) is 5. The molecule has 1 amide bonds. The average Bonchev–Trinajstić information content (AvgIpc) is 2.98. The molecule has 0 fully saturated rings. The molecule has 3 aromatic rings. The number of rotatable bonds is 4. The second-order valence-electron chi connectivity index (χ2n) is 5.11. The van der Waals surface area contributed by atoms with Gasteiger partial charge in [0.2, 0.25) is 0 Å². The molecule has 0 aliphatic rings. The molecule has 6 heteroatoms. The Hall–Kier alpha value is -2.60. The number of benzene rings is 1. The van der Waals surface area contributed by atoms with Crippen LogP contribution >= 0.6 is 11.3 Å². The van der Waals surface area contributed by atoms with Crippen LogP contribution in [0, 0.1) is 6.92 Å². The van der Waals surface area contributed by atoms with Gasteiger partial charge in [0.1, 0.15) is 4.88 Å². The fourth-order valence-corrected chi connectivity index (χ4v) is 3.12. The zero-order valence-corrected chi connectivity index (χ0v) is 13.7. The Bertz CT molecular complexity index is 802. The predicted octanol–water partition coefficient (Wildman–Crippen LogP) is 3.40. The Morgan fingerprint density at radius 2 is 1.83 bits per heavy atom. The molecule has 0 saturated carbocycles. The molecule has 2 heterocycles. The molecule has 0 spiro atoms. The molecule has 1 N–H and O–H groups in total. The van der Waals surface area contributed by atoms with Gasteiger partial charge in [-0.15, -0.1) is 11.3 Å². The topological polar surface area (TPSA) is 67.8 Å². The summed E-state index contributed by atoms with van der Waals surface area (Å²) in [5, 5.41) is 3.66. The van der Waals surface area contributed by atoms with Gasteiger partial charge < -0.3 is 5.32 Å². The zero-order chi connectivity index (χ0) is 16.2. The normalized spacial score (nSPS) is 11.9. The van der Waals surface area contributed by atoms with E-state index in [0.717, 1.165) is 5.56 Å². The van der Waals surface area contributed by atoms with Gasteiger partial charge in [-0.05, 0) is 25.5 Å². The lowest BCUT2D eigenvalue weighted by atomic mass is 10.1. The predicted molar refractivity (Wildman–Crippen MR) is 90.2 cm³/mol. The molecule has 3 rings (SSSR count). The van der Waals surface area contributed by atoms with Gasteiger partial charge in [0.05, 0.1) is 11.7 Å². The van der Waals surface area contributed by atoms with Crippen molar-refractivity contribution in [3.05, 3.63) is 64.9 Å². The smallest absolute Gasteiger partial charge is 0.263 e. The van der Waals surface area contributed by atoms with Crippen LogP contribution in [0.1, 0.15) is 33.9 Å². The monoisotopic (exact) mass is 324 g/mol. The van der Waals surface area contributed by atoms with E-state index in [1.54, 1.807) is 18.5 Å². The largest absolute Gasteiger partial charge is 0.345 e. The maximum atomic E-state index is 12.5. The molecular weight excluding hydrogens is 308 g/mol. The third-order valence-corrected chi connectivity index (χ3v) is 4.56. The Kier molecular flexibility index (Phi) is 4.43. The summed E-state index contributed by atoms with van der Waals surface area (Å²) in [5.41, 5.74) is 1.75. The number of aromatic nitrogens is 3. The van der Waals surface area contributed by atoms with Crippen molar-refractivity contribution in [1.29, 1.82) is 0 Å². The fourth-order valence-electron chi connectivity index (χ4n) is 2.20. The van der Waals surface area contributed by atoms with Gasteiger partial charge in [0.15, 0.2) is 10.8 Å². The number of amides is 1. The summed E-state index contributed by atoms with van der Waals surface area (Å²) >= 11 is 1.31. The molecule has 1 aromatic carbocycles. The van der Waals surface area contributed by atoms with Crippen molar-refractivity contribution in [1.82, 2.24) is 20.3 Å². The highest BCUT2D eigenvalue weighted by Gasteiger charge is 2.19. The van der Waals surface area contributed by atoms with Gasteiger partial charge in [-0.25, -0.2) is 15.0 Å². The van der Waals surface area contributed by atoms with E-state index in [-0.39, 0.29) is 11.9 Å². The van der Waals surface area contributed by atoms with Crippen molar-refractivity contribution in [3.63, 3.8) is 0 Å². The van der Waals surface area contributed by atoms with Crippen molar-refractivity contribution in [2.45, 2.75) is 19.9 Å². The van der Waals surface area contributed by atoms with Gasteiger partial charge in [-0.3, -0.25) is 4.79 Å². The summed E-state index contributed by atoms with van der Waals surface area (Å²) in [4.78, 5) is 25.9. The van der Waals surface area contributed by atoms with E-state index >= 15 is 0 Å². The van der Waals surface area contributed by atoms with Crippen LogP contribution < -0.4 is 5.32 Å². The number of carbonyl (C=O) groups is 1. The number of nitrogens with zero attached hydrogens (tertiary/aromatic N) is 3. The van der Waals surface area contributed by atoms with Crippen LogP contribution in [0.15, 0.2) is 48.8 Å². The molecular formula is C17H16N4OS. The van der Waals surface area contributed by atoms with Crippen LogP contribution in [-0.4, -0.2) is 20.9 Å². The highest BCUT2D eigenvalue weighted by Crippen LogP contribution is 2.25. The lowest BCUT2D eigenvalue weighted by Crippen LogP contribution is -2.26. The van der Waals surface area contributed by atoms with Crippen molar-refractivity contribution in [3.8, 4) is 10.8 Å². The van der Waals surface area contributed by atoms with E-state index in [0.29, 0.717) is 21.4 Å². The molecule has 2 aromatic heterocycles. The summed E-state index contributed by atoms with van der Waals surface area (Å²) in [6.07, 6.45) is 3.33. The maximum Gasteiger partial charge on any atom is 0.263 e. The molecule has 0 unspecified atom stereocenters. The number of carbonyl (C=O) groups excluding carboxylic acids is 1. The first-order valence-electron chi connectivity index (χ1n) is 7.26. The van der Waals surface area contributed by atoms with E-state index < -0.39 is 0 Å². The highest BCUT2D eigenvalue weighted by molar-refractivity contribution is 7.17. The molecule has 0 saturated heterocycles. The molecule has 5 nitrogen and oxygen atoms in total. The maximum absolute atomic E-state index is 12.5. The second-order valence-corrected chi connectivity index (χ2v) is 6.11. The van der Waals surface area contributed by atoms with E-state index in [2.05, 4.69) is 20.3 Å². The minimum absolute atomic E-state index is 0.0679. The molecule has 0 aliphatic carbocycles. The van der Waals surface area contributed by atoms with Crippen LogP contribution in [0.25, 0.3) is 10.8 Å². The Balaban J connectivity index is 1.79. The first-order valence-corrected chi connectivity index (χ1v) is 8.07. The van der Waals surface area contributed by atoms with Gasteiger partial charge in [0.25, 0.3) is 5.91 Å². The Morgan fingerprint density at radius 1 is 1.13 bits per heavy atom. The van der Waals surface area contributed by atoms with Crippen LogP contribution in [-0.2, 0) is 0 Å². The van der Waals surface area contributed by atoms with E-state index in [1.807, 2.05) is 44.2 Å². The summed E-state index contributed by atoms with van der Waals surface area (Å²) in [6.45, 7) is 3.79. The van der Waals surface area contributed by atoms with Crippen LogP contribution in [0.2, 0.25) is 0 Å². The minimum Gasteiger partial charge on any atom is -0.345 e. The van der Waals surface area contributed by atoms with Gasteiger partial charge >= 0.3 is 0 Å². The van der Waals surface area contributed by atoms with Gasteiger partial charge in [0, 0.05) is 12.4 Å². The summed E-state index contributed by atoms with van der Waals surface area (Å²) in [7, 11) is 0. The van der Waals surface area contributed by atoms with E-state index in [1.165, 1.54) is 11.3 Å². The van der Waals surface area contributed by atoms with Crippen LogP contribution in [0.3, 0.4) is 0 Å². The standard InChI is InChI=1S/C17H16N4OS/c1-11(13-7-4-3-5-8-13)20-16(22)14-12(2)21-17(23-14)15-18-9-6-10-19-15/h3-11H,1-2H3,(H,20,22)/t11-/m0/s1. The van der Waals surface area contributed by atoms with Crippen LogP contribution in [0.5, 0.6) is 0 Å². The van der Waals surface area contributed by atoms with Crippen molar-refractivity contribution in [2.75, 3.05) is 0 Å². The fraction of sp³-hybridized carbons (Fsp3) is 0.176. The molecule has 0 bridgehead atoms. The number of hydrogen-bond donors (Lipinski definition) is 1. The summed E-state index contributed by atoms with van der Waals surface area (Å²) < 4.78 is 0. The average molecular weight is 324 g/mol. The molecule has 116 valence electrons. The summed E-state index contributed by atoms with van der Waals surface area (Å²) in [5.74, 6) is 0.411. The SMILES string of the molecule is Cc1nc(-c2ncccn2)sc1C(=O)N[C@@H](C)c1ccccc1. The third-order valence-electron chi connectivity index (χ3n) is 3.41. The van der Waals surface area contributed by atoms with Gasteiger partial charge in [-0.1, -0.05) is 30.3 Å². The van der Waals surface area contributed by atoms with Crippen molar-refractivity contribution < 1.29 is 4.79 Å². The lowest BCUT2D eigenvalue weighted by molar-refractivity contribution is 0.0943. The molecule has 1 atom stereocenters. The van der Waals surface area contributed by atoms with Gasteiger partial charge in [-0.2, -0.15) is 0 Å². The van der Waals surface area contributed by atoms with Crippen LogP contribution in [0.4, 0.5) is 0 Å². The number of aryl methyl sites for hydroxylation is 1. The highest BCUT2D eigenvalue weighted by atomic mass is 32.1.